The van der Waals surface area contributed by atoms with Crippen LogP contribution in [0.3, 0.4) is 0 Å². The van der Waals surface area contributed by atoms with Crippen molar-refractivity contribution in [2.75, 3.05) is 5.75 Å². The van der Waals surface area contributed by atoms with Crippen LogP contribution in [0.15, 0.2) is 23.4 Å². The summed E-state index contributed by atoms with van der Waals surface area (Å²) in [4.78, 5) is 14.1. The van der Waals surface area contributed by atoms with Gasteiger partial charge in [0.25, 0.3) is 0 Å². The quantitative estimate of drug-likeness (QED) is 0.831. The van der Waals surface area contributed by atoms with Gasteiger partial charge in [0.05, 0.1) is 11.3 Å². The second-order valence-electron chi connectivity index (χ2n) is 3.01. The Labute approximate surface area is 87.7 Å². The molecule has 1 aromatic heterocycles. The van der Waals surface area contributed by atoms with E-state index in [0.717, 1.165) is 6.20 Å². The molecule has 1 aromatic rings. The lowest BCUT2D eigenvalue weighted by atomic mass is 10.3. The van der Waals surface area contributed by atoms with Gasteiger partial charge in [-0.3, -0.25) is 0 Å². The van der Waals surface area contributed by atoms with E-state index in [0.29, 0.717) is 6.42 Å². The fourth-order valence-electron chi connectivity index (χ4n) is 1.06. The van der Waals surface area contributed by atoms with Gasteiger partial charge in [-0.05, 0) is 18.6 Å². The summed E-state index contributed by atoms with van der Waals surface area (Å²) in [6.07, 6.45) is 1.55. The van der Waals surface area contributed by atoms with Gasteiger partial charge in [0.1, 0.15) is 0 Å². The van der Waals surface area contributed by atoms with Crippen molar-refractivity contribution < 1.29 is 18.3 Å². The normalized spacial score (nSPS) is 11.3. The van der Waals surface area contributed by atoms with Crippen molar-refractivity contribution >= 4 is 15.8 Å². The van der Waals surface area contributed by atoms with Crippen LogP contribution in [0.5, 0.6) is 0 Å². The van der Waals surface area contributed by atoms with Gasteiger partial charge in [-0.1, -0.05) is 6.92 Å². The van der Waals surface area contributed by atoms with Gasteiger partial charge in [0.15, 0.2) is 14.9 Å². The fourth-order valence-corrected chi connectivity index (χ4v) is 2.30. The number of hydrogen-bond donors (Lipinski definition) is 1. The van der Waals surface area contributed by atoms with Crippen LogP contribution in [0.4, 0.5) is 0 Å². The number of carbonyl (C=O) groups is 1. The van der Waals surface area contributed by atoms with Crippen LogP contribution in [-0.4, -0.2) is 30.2 Å². The number of aromatic nitrogens is 1. The molecule has 82 valence electrons. The molecular weight excluding hydrogens is 218 g/mol. The molecule has 0 bridgehead atoms. The van der Waals surface area contributed by atoms with E-state index < -0.39 is 15.8 Å². The molecule has 15 heavy (non-hydrogen) atoms. The molecule has 0 amide bonds. The molecule has 1 rings (SSSR count). The zero-order chi connectivity index (χ0) is 11.5. The van der Waals surface area contributed by atoms with E-state index in [1.165, 1.54) is 12.1 Å². The lowest BCUT2D eigenvalue weighted by Gasteiger charge is -2.01. The van der Waals surface area contributed by atoms with Crippen molar-refractivity contribution in [3.8, 4) is 0 Å². The Morgan fingerprint density at radius 3 is 2.53 bits per heavy atom. The minimum atomic E-state index is -3.36. The third kappa shape index (κ3) is 2.76. The van der Waals surface area contributed by atoms with Crippen molar-refractivity contribution in [3.05, 3.63) is 23.9 Å². The van der Waals surface area contributed by atoms with Crippen LogP contribution < -0.4 is 0 Å². The van der Waals surface area contributed by atoms with Gasteiger partial charge in [0.2, 0.25) is 0 Å². The van der Waals surface area contributed by atoms with Crippen LogP contribution in [-0.2, 0) is 9.84 Å². The van der Waals surface area contributed by atoms with Gasteiger partial charge in [-0.15, -0.1) is 0 Å². The minimum absolute atomic E-state index is 0.0203. The first-order valence-corrected chi connectivity index (χ1v) is 6.04. The predicted octanol–water partition coefficient (Wildman–Crippen LogP) is 0.964. The molecule has 0 aliphatic heterocycles. The van der Waals surface area contributed by atoms with Crippen molar-refractivity contribution in [1.29, 1.82) is 0 Å². The van der Waals surface area contributed by atoms with Crippen LogP contribution in [0.25, 0.3) is 0 Å². The molecular formula is C9H11NO4S. The number of carboxylic acids is 1. The Bertz CT molecular complexity index is 450. The van der Waals surface area contributed by atoms with Gasteiger partial charge in [-0.2, -0.15) is 0 Å². The van der Waals surface area contributed by atoms with Gasteiger partial charge >= 0.3 is 5.97 Å². The highest BCUT2D eigenvalue weighted by Gasteiger charge is 2.15. The Balaban J connectivity index is 3.04. The number of hydrogen-bond acceptors (Lipinski definition) is 4. The maximum atomic E-state index is 11.5. The molecule has 0 saturated heterocycles. The second-order valence-corrected chi connectivity index (χ2v) is 5.07. The third-order valence-corrected chi connectivity index (χ3v) is 3.60. The Morgan fingerprint density at radius 2 is 2.13 bits per heavy atom. The predicted molar refractivity (Wildman–Crippen MR) is 53.5 cm³/mol. The molecule has 0 fully saturated rings. The first-order chi connectivity index (χ1) is 6.97. The molecule has 0 saturated carbocycles. The molecule has 0 aromatic carbocycles. The van der Waals surface area contributed by atoms with E-state index in [4.69, 9.17) is 5.11 Å². The van der Waals surface area contributed by atoms with Crippen LogP contribution >= 0.6 is 0 Å². The number of sulfone groups is 1. The highest BCUT2D eigenvalue weighted by Crippen LogP contribution is 2.09. The molecule has 0 aliphatic carbocycles. The number of pyridine rings is 1. The highest BCUT2D eigenvalue weighted by atomic mass is 32.2. The van der Waals surface area contributed by atoms with Crippen molar-refractivity contribution in [3.63, 3.8) is 0 Å². The van der Waals surface area contributed by atoms with Gasteiger partial charge in [0, 0.05) is 6.20 Å². The zero-order valence-corrected chi connectivity index (χ0v) is 8.99. The fraction of sp³-hybridized carbons (Fsp3) is 0.333. The van der Waals surface area contributed by atoms with E-state index >= 15 is 0 Å². The number of carboxylic acid groups (broad SMARTS) is 1. The molecule has 1 N–H and O–H groups in total. The first kappa shape index (κ1) is 11.6. The van der Waals surface area contributed by atoms with Crippen LogP contribution in [0.1, 0.15) is 23.7 Å². The molecule has 1 heterocycles. The Morgan fingerprint density at radius 1 is 1.47 bits per heavy atom. The molecule has 0 radical (unpaired) electrons. The molecule has 0 aliphatic rings. The maximum Gasteiger partial charge on any atom is 0.337 e. The largest absolute Gasteiger partial charge is 0.478 e. The van der Waals surface area contributed by atoms with E-state index in [9.17, 15) is 13.2 Å². The lowest BCUT2D eigenvalue weighted by Crippen LogP contribution is -2.08. The first-order valence-electron chi connectivity index (χ1n) is 4.39. The number of aromatic carboxylic acids is 1. The van der Waals surface area contributed by atoms with E-state index in [-0.39, 0.29) is 16.3 Å². The monoisotopic (exact) mass is 229 g/mol. The summed E-state index contributed by atoms with van der Waals surface area (Å²) in [6, 6.07) is 2.45. The summed E-state index contributed by atoms with van der Waals surface area (Å²) in [7, 11) is -3.36. The second kappa shape index (κ2) is 4.39. The van der Waals surface area contributed by atoms with Gasteiger partial charge in [-0.25, -0.2) is 18.2 Å². The minimum Gasteiger partial charge on any atom is -0.478 e. The average molecular weight is 229 g/mol. The van der Waals surface area contributed by atoms with Crippen molar-refractivity contribution in [1.82, 2.24) is 4.98 Å². The molecule has 0 unspecified atom stereocenters. The summed E-state index contributed by atoms with van der Waals surface area (Å²) in [5.74, 6) is -1.10. The van der Waals surface area contributed by atoms with Crippen molar-refractivity contribution in [2.24, 2.45) is 0 Å². The Hall–Kier alpha value is -1.43. The molecule has 5 nitrogen and oxygen atoms in total. The van der Waals surface area contributed by atoms with Crippen LogP contribution in [0, 0.1) is 0 Å². The van der Waals surface area contributed by atoms with Crippen LogP contribution in [0.2, 0.25) is 0 Å². The lowest BCUT2D eigenvalue weighted by molar-refractivity contribution is 0.0696. The average Bonchev–Trinajstić information content (AvgIpc) is 2.18. The van der Waals surface area contributed by atoms with E-state index in [1.54, 1.807) is 6.92 Å². The summed E-state index contributed by atoms with van der Waals surface area (Å²) in [5.41, 5.74) is -0.0227. The zero-order valence-electron chi connectivity index (χ0n) is 8.17. The van der Waals surface area contributed by atoms with Crippen molar-refractivity contribution in [2.45, 2.75) is 18.4 Å². The maximum absolute atomic E-state index is 11.5. The molecule has 0 spiro atoms. The Kier molecular flexibility index (Phi) is 3.41. The van der Waals surface area contributed by atoms with Gasteiger partial charge < -0.3 is 5.11 Å². The number of rotatable bonds is 4. The number of nitrogens with zero attached hydrogens (tertiary/aromatic N) is 1. The summed E-state index contributed by atoms with van der Waals surface area (Å²) in [6.45, 7) is 1.75. The summed E-state index contributed by atoms with van der Waals surface area (Å²) < 4.78 is 23.0. The standard InChI is InChI=1S/C9H11NO4S/c1-2-5-15(13,14)8-4-3-7(6-10-8)9(11)12/h3-4,6H,2,5H2,1H3,(H,11,12). The summed E-state index contributed by atoms with van der Waals surface area (Å²) in [5, 5.41) is 8.52. The molecule has 6 heteroatoms. The van der Waals surface area contributed by atoms with E-state index in [1.807, 2.05) is 0 Å². The van der Waals surface area contributed by atoms with E-state index in [2.05, 4.69) is 4.98 Å². The summed E-state index contributed by atoms with van der Waals surface area (Å²) >= 11 is 0. The smallest absolute Gasteiger partial charge is 0.337 e. The topological polar surface area (TPSA) is 84.3 Å². The SMILES string of the molecule is CCCS(=O)(=O)c1ccc(C(=O)O)cn1. The highest BCUT2D eigenvalue weighted by molar-refractivity contribution is 7.91. The third-order valence-electron chi connectivity index (χ3n) is 1.77. The molecule has 0 atom stereocenters.